The van der Waals surface area contributed by atoms with Gasteiger partial charge in [0, 0.05) is 31.4 Å². The maximum atomic E-state index is 3.48. The van der Waals surface area contributed by atoms with Crippen LogP contribution in [0.2, 0.25) is 0 Å². The molecule has 0 amide bonds. The molecule has 2 heterocycles. The minimum atomic E-state index is 0.738. The van der Waals surface area contributed by atoms with E-state index in [0.29, 0.717) is 0 Å². The predicted molar refractivity (Wildman–Crippen MR) is 85.4 cm³/mol. The van der Waals surface area contributed by atoms with Gasteiger partial charge in [-0.1, -0.05) is 26.0 Å². The van der Waals surface area contributed by atoms with Crippen LogP contribution in [0, 0.1) is 0 Å². The highest BCUT2D eigenvalue weighted by molar-refractivity contribution is 5.58. The molecule has 1 saturated heterocycles. The smallest absolute Gasteiger partial charge is 0.0403 e. The number of fused-ring (bicyclic) bond motifs is 1. The molecule has 1 N–H and O–H groups in total. The van der Waals surface area contributed by atoms with Crippen molar-refractivity contribution < 1.29 is 0 Å². The molecule has 1 aromatic rings. The Balaban J connectivity index is 1.78. The van der Waals surface area contributed by atoms with Crippen LogP contribution >= 0.6 is 0 Å². The van der Waals surface area contributed by atoms with Crippen LogP contribution in [0.5, 0.6) is 0 Å². The van der Waals surface area contributed by atoms with E-state index in [-0.39, 0.29) is 0 Å². The molecule has 2 aliphatic rings. The van der Waals surface area contributed by atoms with Crippen LogP contribution in [0.25, 0.3) is 0 Å². The van der Waals surface area contributed by atoms with Gasteiger partial charge in [-0.3, -0.25) is 4.90 Å². The molecule has 1 unspecified atom stereocenters. The van der Waals surface area contributed by atoms with E-state index in [1.807, 2.05) is 0 Å². The van der Waals surface area contributed by atoms with Crippen molar-refractivity contribution >= 4 is 5.69 Å². The number of rotatable bonds is 4. The third-order valence-corrected chi connectivity index (χ3v) is 4.95. The van der Waals surface area contributed by atoms with Gasteiger partial charge in [-0.2, -0.15) is 0 Å². The minimum absolute atomic E-state index is 0.738. The van der Waals surface area contributed by atoms with Crippen LogP contribution in [0.4, 0.5) is 5.69 Å². The molecule has 110 valence electrons. The molecular formula is C17H27N3. The maximum Gasteiger partial charge on any atom is 0.0403 e. The number of hydrogen-bond donors (Lipinski definition) is 1. The SMILES string of the molecule is CCN(CC)C1CCN(c2cccc3c2CCNC3)C1. The quantitative estimate of drug-likeness (QED) is 0.908. The summed E-state index contributed by atoms with van der Waals surface area (Å²) in [7, 11) is 0. The molecule has 0 bridgehead atoms. The highest BCUT2D eigenvalue weighted by atomic mass is 15.3. The Labute approximate surface area is 123 Å². The van der Waals surface area contributed by atoms with E-state index >= 15 is 0 Å². The lowest BCUT2D eigenvalue weighted by atomic mass is 9.98. The van der Waals surface area contributed by atoms with E-state index < -0.39 is 0 Å². The van der Waals surface area contributed by atoms with Crippen molar-refractivity contribution in [1.82, 2.24) is 10.2 Å². The molecule has 2 aliphatic heterocycles. The highest BCUT2D eigenvalue weighted by Crippen LogP contribution is 2.30. The summed E-state index contributed by atoms with van der Waals surface area (Å²) in [5.41, 5.74) is 4.59. The van der Waals surface area contributed by atoms with Gasteiger partial charge < -0.3 is 10.2 Å². The first-order valence-electron chi connectivity index (χ1n) is 8.14. The minimum Gasteiger partial charge on any atom is -0.370 e. The number of likely N-dealkylation sites (N-methyl/N-ethyl adjacent to an activating group) is 1. The van der Waals surface area contributed by atoms with Crippen molar-refractivity contribution in [1.29, 1.82) is 0 Å². The van der Waals surface area contributed by atoms with Gasteiger partial charge in [-0.15, -0.1) is 0 Å². The summed E-state index contributed by atoms with van der Waals surface area (Å²) < 4.78 is 0. The fraction of sp³-hybridized carbons (Fsp3) is 0.647. The topological polar surface area (TPSA) is 18.5 Å². The first-order chi connectivity index (χ1) is 9.83. The summed E-state index contributed by atoms with van der Waals surface area (Å²) in [6.45, 7) is 11.5. The summed E-state index contributed by atoms with van der Waals surface area (Å²) in [5.74, 6) is 0. The van der Waals surface area contributed by atoms with Crippen molar-refractivity contribution in [2.45, 2.75) is 39.3 Å². The zero-order chi connectivity index (χ0) is 13.9. The molecule has 0 aliphatic carbocycles. The lowest BCUT2D eigenvalue weighted by Gasteiger charge is -2.29. The van der Waals surface area contributed by atoms with Gasteiger partial charge >= 0.3 is 0 Å². The Hall–Kier alpha value is -1.06. The van der Waals surface area contributed by atoms with E-state index in [0.717, 1.165) is 19.1 Å². The Bertz CT molecular complexity index is 454. The second-order valence-corrected chi connectivity index (χ2v) is 5.95. The number of anilines is 1. The zero-order valence-corrected chi connectivity index (χ0v) is 12.9. The monoisotopic (exact) mass is 273 g/mol. The second kappa shape index (κ2) is 6.15. The number of nitrogens with one attached hydrogen (secondary N) is 1. The molecular weight excluding hydrogens is 246 g/mol. The van der Waals surface area contributed by atoms with E-state index in [1.54, 1.807) is 5.56 Å². The standard InChI is InChI=1S/C17H27N3/c1-3-19(4-2)15-9-11-20(13-15)17-7-5-6-14-12-18-10-8-16(14)17/h5-7,15,18H,3-4,8-13H2,1-2H3. The van der Waals surface area contributed by atoms with Crippen molar-refractivity contribution in [2.75, 3.05) is 37.6 Å². The lowest BCUT2D eigenvalue weighted by Crippen LogP contribution is -2.37. The summed E-state index contributed by atoms with van der Waals surface area (Å²) in [6, 6.07) is 7.58. The van der Waals surface area contributed by atoms with E-state index in [2.05, 4.69) is 47.2 Å². The van der Waals surface area contributed by atoms with Crippen molar-refractivity contribution in [2.24, 2.45) is 0 Å². The van der Waals surface area contributed by atoms with Gasteiger partial charge in [0.2, 0.25) is 0 Å². The molecule has 1 fully saturated rings. The fourth-order valence-corrected chi connectivity index (χ4v) is 3.81. The van der Waals surface area contributed by atoms with Crippen LogP contribution in [-0.4, -0.2) is 43.7 Å². The zero-order valence-electron chi connectivity index (χ0n) is 12.9. The number of benzene rings is 1. The molecule has 1 atom stereocenters. The van der Waals surface area contributed by atoms with Gasteiger partial charge in [-0.05, 0) is 49.7 Å². The molecule has 3 nitrogen and oxygen atoms in total. The van der Waals surface area contributed by atoms with Crippen molar-refractivity contribution in [3.8, 4) is 0 Å². The van der Waals surface area contributed by atoms with Crippen LogP contribution in [-0.2, 0) is 13.0 Å². The van der Waals surface area contributed by atoms with Crippen LogP contribution in [0.15, 0.2) is 18.2 Å². The highest BCUT2D eigenvalue weighted by Gasteiger charge is 2.28. The maximum absolute atomic E-state index is 3.48. The Kier molecular flexibility index (Phi) is 4.27. The van der Waals surface area contributed by atoms with Gasteiger partial charge in [0.1, 0.15) is 0 Å². The first-order valence-corrected chi connectivity index (χ1v) is 8.14. The first kappa shape index (κ1) is 13.9. The molecule has 0 spiro atoms. The Morgan fingerprint density at radius 1 is 1.30 bits per heavy atom. The van der Waals surface area contributed by atoms with Gasteiger partial charge in [-0.25, -0.2) is 0 Å². The summed E-state index contributed by atoms with van der Waals surface area (Å²) in [5, 5.41) is 3.48. The van der Waals surface area contributed by atoms with E-state index in [9.17, 15) is 0 Å². The molecule has 3 heteroatoms. The Morgan fingerprint density at radius 3 is 2.95 bits per heavy atom. The van der Waals surface area contributed by atoms with Crippen LogP contribution in [0.3, 0.4) is 0 Å². The molecule has 0 radical (unpaired) electrons. The average molecular weight is 273 g/mol. The molecule has 3 rings (SSSR count). The van der Waals surface area contributed by atoms with Crippen molar-refractivity contribution in [3.63, 3.8) is 0 Å². The third-order valence-electron chi connectivity index (χ3n) is 4.95. The number of nitrogens with zero attached hydrogens (tertiary/aromatic N) is 2. The average Bonchev–Trinajstić information content (AvgIpc) is 2.97. The van der Waals surface area contributed by atoms with Gasteiger partial charge in [0.05, 0.1) is 0 Å². The third kappa shape index (κ3) is 2.57. The summed E-state index contributed by atoms with van der Waals surface area (Å²) in [4.78, 5) is 5.23. The largest absolute Gasteiger partial charge is 0.370 e. The van der Waals surface area contributed by atoms with Crippen LogP contribution < -0.4 is 10.2 Å². The normalized spacial score (nSPS) is 22.4. The molecule has 0 saturated carbocycles. The Morgan fingerprint density at radius 2 is 2.15 bits per heavy atom. The summed E-state index contributed by atoms with van der Waals surface area (Å²) >= 11 is 0. The molecule has 20 heavy (non-hydrogen) atoms. The lowest BCUT2D eigenvalue weighted by molar-refractivity contribution is 0.232. The van der Waals surface area contributed by atoms with Gasteiger partial charge in [0.25, 0.3) is 0 Å². The van der Waals surface area contributed by atoms with Crippen molar-refractivity contribution in [3.05, 3.63) is 29.3 Å². The van der Waals surface area contributed by atoms with Crippen LogP contribution in [0.1, 0.15) is 31.4 Å². The van der Waals surface area contributed by atoms with E-state index in [4.69, 9.17) is 0 Å². The fourth-order valence-electron chi connectivity index (χ4n) is 3.81. The predicted octanol–water partition coefficient (Wildman–Crippen LogP) is 2.25. The summed E-state index contributed by atoms with van der Waals surface area (Å²) in [6.07, 6.45) is 2.49. The number of hydrogen-bond acceptors (Lipinski definition) is 3. The molecule has 1 aromatic carbocycles. The van der Waals surface area contributed by atoms with Gasteiger partial charge in [0.15, 0.2) is 0 Å². The molecule has 0 aromatic heterocycles. The van der Waals surface area contributed by atoms with E-state index in [1.165, 1.54) is 50.3 Å². The second-order valence-electron chi connectivity index (χ2n) is 5.95.